The lowest BCUT2D eigenvalue weighted by Gasteiger charge is -2.37. The van der Waals surface area contributed by atoms with Crippen LogP contribution in [0.5, 0.6) is 0 Å². The van der Waals surface area contributed by atoms with Crippen molar-refractivity contribution in [3.05, 3.63) is 59.4 Å². The van der Waals surface area contributed by atoms with Crippen LogP contribution in [0.25, 0.3) is 0 Å². The Balaban J connectivity index is 2.05. The van der Waals surface area contributed by atoms with E-state index in [-0.39, 0.29) is 12.1 Å². The Labute approximate surface area is 133 Å². The number of rotatable bonds is 2. The maximum absolute atomic E-state index is 14.3. The van der Waals surface area contributed by atoms with Crippen LogP contribution < -0.4 is 5.32 Å². The van der Waals surface area contributed by atoms with Crippen molar-refractivity contribution in [1.29, 1.82) is 0 Å². The lowest BCUT2D eigenvalue weighted by atomic mass is 9.99. The SMILES string of the molecule is CC(C)NC(=O)N1CCn2cccc2C1c1ccc(F)cc1F. The number of nitrogens with one attached hydrogen (secondary N) is 1. The molecule has 1 aromatic carbocycles. The fourth-order valence-corrected chi connectivity index (χ4v) is 2.98. The summed E-state index contributed by atoms with van der Waals surface area (Å²) in [4.78, 5) is 14.1. The van der Waals surface area contributed by atoms with E-state index in [0.717, 1.165) is 11.8 Å². The second-order valence-electron chi connectivity index (χ2n) is 5.99. The minimum atomic E-state index is -0.646. The van der Waals surface area contributed by atoms with Gasteiger partial charge in [-0.2, -0.15) is 0 Å². The second-order valence-corrected chi connectivity index (χ2v) is 5.99. The number of halogens is 2. The number of hydrogen-bond donors (Lipinski definition) is 1. The minimum absolute atomic E-state index is 0.0186. The maximum atomic E-state index is 14.3. The van der Waals surface area contributed by atoms with Crippen molar-refractivity contribution in [2.75, 3.05) is 6.54 Å². The van der Waals surface area contributed by atoms with Crippen LogP contribution in [-0.2, 0) is 6.54 Å². The molecule has 23 heavy (non-hydrogen) atoms. The number of benzene rings is 1. The first kappa shape index (κ1) is 15.5. The van der Waals surface area contributed by atoms with Crippen molar-refractivity contribution in [2.45, 2.75) is 32.5 Å². The predicted octanol–water partition coefficient (Wildman–Crippen LogP) is 3.29. The summed E-state index contributed by atoms with van der Waals surface area (Å²) >= 11 is 0. The molecule has 1 aliphatic heterocycles. The molecular weight excluding hydrogens is 300 g/mol. The van der Waals surface area contributed by atoms with Gasteiger partial charge in [0.2, 0.25) is 0 Å². The van der Waals surface area contributed by atoms with E-state index in [1.807, 2.05) is 36.7 Å². The monoisotopic (exact) mass is 319 g/mol. The van der Waals surface area contributed by atoms with Crippen LogP contribution in [-0.4, -0.2) is 28.1 Å². The summed E-state index contributed by atoms with van der Waals surface area (Å²) in [7, 11) is 0. The van der Waals surface area contributed by atoms with Crippen LogP contribution in [0, 0.1) is 11.6 Å². The number of urea groups is 1. The average Bonchev–Trinajstić information content (AvgIpc) is 2.94. The predicted molar refractivity (Wildman–Crippen MR) is 83.0 cm³/mol. The van der Waals surface area contributed by atoms with Crippen LogP contribution in [0.2, 0.25) is 0 Å². The van der Waals surface area contributed by atoms with Gasteiger partial charge >= 0.3 is 6.03 Å². The maximum Gasteiger partial charge on any atom is 0.318 e. The highest BCUT2D eigenvalue weighted by atomic mass is 19.1. The Morgan fingerprint density at radius 1 is 1.26 bits per heavy atom. The first-order chi connectivity index (χ1) is 11.0. The van der Waals surface area contributed by atoms with Crippen molar-refractivity contribution >= 4 is 6.03 Å². The van der Waals surface area contributed by atoms with Gasteiger partial charge in [-0.05, 0) is 32.0 Å². The molecule has 2 amide bonds. The van der Waals surface area contributed by atoms with Crippen molar-refractivity contribution in [3.8, 4) is 0 Å². The molecule has 4 nitrogen and oxygen atoms in total. The largest absolute Gasteiger partial charge is 0.348 e. The smallest absolute Gasteiger partial charge is 0.318 e. The summed E-state index contributed by atoms with van der Waals surface area (Å²) in [5.74, 6) is -1.28. The average molecular weight is 319 g/mol. The van der Waals surface area contributed by atoms with Crippen LogP contribution in [0.3, 0.4) is 0 Å². The molecule has 1 unspecified atom stereocenters. The Hall–Kier alpha value is -2.37. The minimum Gasteiger partial charge on any atom is -0.348 e. The van der Waals surface area contributed by atoms with Gasteiger partial charge in [0.25, 0.3) is 0 Å². The normalized spacial score (nSPS) is 17.3. The molecule has 0 saturated carbocycles. The van der Waals surface area contributed by atoms with Crippen molar-refractivity contribution in [3.63, 3.8) is 0 Å². The summed E-state index contributed by atoms with van der Waals surface area (Å²) in [6, 6.07) is 6.38. The molecule has 1 N–H and O–H groups in total. The van der Waals surface area contributed by atoms with Gasteiger partial charge in [-0.15, -0.1) is 0 Å². The molecule has 3 rings (SSSR count). The summed E-state index contributed by atoms with van der Waals surface area (Å²) in [6.07, 6.45) is 1.90. The molecule has 1 atom stereocenters. The molecule has 0 aliphatic carbocycles. The van der Waals surface area contributed by atoms with Crippen LogP contribution in [0.4, 0.5) is 13.6 Å². The van der Waals surface area contributed by atoms with E-state index in [1.165, 1.54) is 12.1 Å². The zero-order chi connectivity index (χ0) is 16.6. The molecule has 0 bridgehead atoms. The number of carbonyl (C=O) groups excluding carboxylic acids is 1. The molecule has 2 heterocycles. The lowest BCUT2D eigenvalue weighted by Crippen LogP contribution is -2.49. The first-order valence-corrected chi connectivity index (χ1v) is 7.64. The summed E-state index contributed by atoms with van der Waals surface area (Å²) in [6.45, 7) is 4.85. The Bertz CT molecular complexity index is 726. The molecule has 0 fully saturated rings. The van der Waals surface area contributed by atoms with Gasteiger partial charge in [-0.25, -0.2) is 13.6 Å². The number of carbonyl (C=O) groups is 1. The molecular formula is C17H19F2N3O. The van der Waals surface area contributed by atoms with E-state index in [2.05, 4.69) is 5.32 Å². The molecule has 0 radical (unpaired) electrons. The van der Waals surface area contributed by atoms with Gasteiger partial charge in [-0.3, -0.25) is 0 Å². The number of hydrogen-bond acceptors (Lipinski definition) is 1. The van der Waals surface area contributed by atoms with E-state index in [1.54, 1.807) is 4.90 Å². The highest BCUT2D eigenvalue weighted by Crippen LogP contribution is 2.34. The highest BCUT2D eigenvalue weighted by molar-refractivity contribution is 5.75. The van der Waals surface area contributed by atoms with E-state index in [9.17, 15) is 13.6 Å². The van der Waals surface area contributed by atoms with Gasteiger partial charge in [-0.1, -0.05) is 6.07 Å². The van der Waals surface area contributed by atoms with Gasteiger partial charge in [0, 0.05) is 42.7 Å². The molecule has 1 aliphatic rings. The standard InChI is InChI=1S/C17H19F2N3O/c1-11(2)20-17(23)22-9-8-21-7-3-4-15(21)16(22)13-6-5-12(18)10-14(13)19/h3-7,10-11,16H,8-9H2,1-2H3,(H,20,23). The zero-order valence-electron chi connectivity index (χ0n) is 13.1. The highest BCUT2D eigenvalue weighted by Gasteiger charge is 2.34. The molecule has 2 aromatic rings. The summed E-state index contributed by atoms with van der Waals surface area (Å²) in [5, 5.41) is 2.85. The van der Waals surface area contributed by atoms with E-state index < -0.39 is 17.7 Å². The van der Waals surface area contributed by atoms with Crippen molar-refractivity contribution < 1.29 is 13.6 Å². The van der Waals surface area contributed by atoms with Gasteiger partial charge in [0.05, 0.1) is 0 Å². The third-order valence-corrected chi connectivity index (χ3v) is 3.97. The van der Waals surface area contributed by atoms with E-state index in [0.29, 0.717) is 18.7 Å². The van der Waals surface area contributed by atoms with Crippen molar-refractivity contribution in [1.82, 2.24) is 14.8 Å². The second kappa shape index (κ2) is 6.02. The summed E-state index contributed by atoms with van der Waals surface area (Å²) in [5.41, 5.74) is 1.12. The zero-order valence-corrected chi connectivity index (χ0v) is 13.1. The van der Waals surface area contributed by atoms with Crippen LogP contribution in [0.1, 0.15) is 31.1 Å². The molecule has 1 aromatic heterocycles. The third kappa shape index (κ3) is 2.93. The van der Waals surface area contributed by atoms with Crippen LogP contribution in [0.15, 0.2) is 36.5 Å². The fraction of sp³-hybridized carbons (Fsp3) is 0.353. The summed E-state index contributed by atoms with van der Waals surface area (Å²) < 4.78 is 29.6. The van der Waals surface area contributed by atoms with Gasteiger partial charge < -0.3 is 14.8 Å². The Morgan fingerprint density at radius 3 is 2.74 bits per heavy atom. The Morgan fingerprint density at radius 2 is 2.04 bits per heavy atom. The van der Waals surface area contributed by atoms with E-state index >= 15 is 0 Å². The quantitative estimate of drug-likeness (QED) is 0.906. The lowest BCUT2D eigenvalue weighted by molar-refractivity contribution is 0.165. The fourth-order valence-electron chi connectivity index (χ4n) is 2.98. The number of nitrogens with zero attached hydrogens (tertiary/aromatic N) is 2. The third-order valence-electron chi connectivity index (χ3n) is 3.97. The molecule has 0 spiro atoms. The molecule has 0 saturated heterocycles. The van der Waals surface area contributed by atoms with Gasteiger partial charge in [0.1, 0.15) is 17.7 Å². The van der Waals surface area contributed by atoms with Gasteiger partial charge in [0.15, 0.2) is 0 Å². The van der Waals surface area contributed by atoms with Crippen LogP contribution >= 0.6 is 0 Å². The first-order valence-electron chi connectivity index (χ1n) is 7.64. The van der Waals surface area contributed by atoms with Crippen molar-refractivity contribution in [2.24, 2.45) is 0 Å². The number of aromatic nitrogens is 1. The number of amides is 2. The Kier molecular flexibility index (Phi) is 4.07. The molecule has 122 valence electrons. The van der Waals surface area contributed by atoms with E-state index in [4.69, 9.17) is 0 Å². The molecule has 6 heteroatoms. The topological polar surface area (TPSA) is 37.3 Å². The number of fused-ring (bicyclic) bond motifs is 1.